The SMILES string of the molecule is CCC1CCCN1S(=O)(=O)c1cc([N+](=O)[O-])ccc1NN. The Kier molecular flexibility index (Phi) is 4.45. The van der Waals surface area contributed by atoms with Crippen LogP contribution in [0.1, 0.15) is 26.2 Å². The van der Waals surface area contributed by atoms with E-state index in [-0.39, 0.29) is 22.3 Å². The lowest BCUT2D eigenvalue weighted by Crippen LogP contribution is -2.35. The average molecular weight is 314 g/mol. The van der Waals surface area contributed by atoms with E-state index in [2.05, 4.69) is 5.43 Å². The molecule has 0 aromatic heterocycles. The average Bonchev–Trinajstić information content (AvgIpc) is 2.95. The fourth-order valence-corrected chi connectivity index (χ4v) is 4.56. The molecule has 116 valence electrons. The topological polar surface area (TPSA) is 119 Å². The standard InChI is InChI=1S/C12H18N4O4S/c1-2-9-4-3-7-15(9)21(19,20)12-8-10(16(17)18)5-6-11(12)14-13/h5-6,8-9,14H,2-4,7,13H2,1H3. The van der Waals surface area contributed by atoms with Gasteiger partial charge in [0.1, 0.15) is 4.90 Å². The normalized spacial score (nSPS) is 19.6. The van der Waals surface area contributed by atoms with Gasteiger partial charge < -0.3 is 5.43 Å². The van der Waals surface area contributed by atoms with Crippen LogP contribution >= 0.6 is 0 Å². The van der Waals surface area contributed by atoms with Gasteiger partial charge in [-0.2, -0.15) is 4.31 Å². The van der Waals surface area contributed by atoms with Gasteiger partial charge in [0.15, 0.2) is 0 Å². The summed E-state index contributed by atoms with van der Waals surface area (Å²) in [6.07, 6.45) is 2.30. The third-order valence-electron chi connectivity index (χ3n) is 3.71. The van der Waals surface area contributed by atoms with E-state index in [0.29, 0.717) is 13.0 Å². The number of nitrogens with zero attached hydrogens (tertiary/aromatic N) is 2. The van der Waals surface area contributed by atoms with Crippen LogP contribution in [-0.4, -0.2) is 30.2 Å². The molecule has 0 bridgehead atoms. The molecule has 0 radical (unpaired) electrons. The zero-order valence-electron chi connectivity index (χ0n) is 11.7. The molecule has 1 aliphatic rings. The van der Waals surface area contributed by atoms with Crippen LogP contribution < -0.4 is 11.3 Å². The Hall–Kier alpha value is -1.71. The van der Waals surface area contributed by atoms with Crippen LogP contribution in [0.25, 0.3) is 0 Å². The lowest BCUT2D eigenvalue weighted by atomic mass is 10.2. The number of hydrogen-bond donors (Lipinski definition) is 2. The number of hydrazine groups is 1. The first kappa shape index (κ1) is 15.7. The highest BCUT2D eigenvalue weighted by atomic mass is 32.2. The highest BCUT2D eigenvalue weighted by molar-refractivity contribution is 7.89. The second kappa shape index (κ2) is 5.96. The number of non-ortho nitro benzene ring substituents is 1. The predicted octanol–water partition coefficient (Wildman–Crippen LogP) is 1.44. The molecule has 0 aliphatic carbocycles. The highest BCUT2D eigenvalue weighted by Crippen LogP contribution is 2.33. The zero-order valence-corrected chi connectivity index (χ0v) is 12.5. The summed E-state index contributed by atoms with van der Waals surface area (Å²) in [4.78, 5) is 10.1. The maximum Gasteiger partial charge on any atom is 0.270 e. The van der Waals surface area contributed by atoms with Gasteiger partial charge in [0.2, 0.25) is 10.0 Å². The minimum absolute atomic E-state index is 0.0695. The van der Waals surface area contributed by atoms with E-state index >= 15 is 0 Å². The van der Waals surface area contributed by atoms with E-state index in [1.54, 1.807) is 0 Å². The summed E-state index contributed by atoms with van der Waals surface area (Å²) in [5.74, 6) is 5.34. The van der Waals surface area contributed by atoms with Crippen LogP contribution in [0.2, 0.25) is 0 Å². The van der Waals surface area contributed by atoms with Gasteiger partial charge in [0, 0.05) is 24.7 Å². The Labute approximate surface area is 123 Å². The smallest absolute Gasteiger partial charge is 0.270 e. The summed E-state index contributed by atoms with van der Waals surface area (Å²) in [5, 5.41) is 10.9. The first-order valence-electron chi connectivity index (χ1n) is 6.68. The summed E-state index contributed by atoms with van der Waals surface area (Å²) in [6, 6.07) is 3.51. The second-order valence-corrected chi connectivity index (χ2v) is 6.76. The lowest BCUT2D eigenvalue weighted by molar-refractivity contribution is -0.385. The molecule has 3 N–H and O–H groups in total. The van der Waals surface area contributed by atoms with Gasteiger partial charge in [-0.25, -0.2) is 8.42 Å². The Morgan fingerprint density at radius 1 is 1.52 bits per heavy atom. The molecule has 8 nitrogen and oxygen atoms in total. The van der Waals surface area contributed by atoms with Crippen molar-refractivity contribution in [2.45, 2.75) is 37.1 Å². The summed E-state index contributed by atoms with van der Waals surface area (Å²) in [5.41, 5.74) is 2.17. The molecule has 9 heteroatoms. The Morgan fingerprint density at radius 2 is 2.24 bits per heavy atom. The van der Waals surface area contributed by atoms with E-state index in [0.717, 1.165) is 18.9 Å². The van der Waals surface area contributed by atoms with Crippen molar-refractivity contribution < 1.29 is 13.3 Å². The molecule has 1 unspecified atom stereocenters. The Morgan fingerprint density at radius 3 is 2.81 bits per heavy atom. The lowest BCUT2D eigenvalue weighted by Gasteiger charge is -2.24. The van der Waals surface area contributed by atoms with Crippen molar-refractivity contribution in [1.82, 2.24) is 4.31 Å². The molecule has 0 amide bonds. The maximum atomic E-state index is 12.8. The van der Waals surface area contributed by atoms with Crippen molar-refractivity contribution in [1.29, 1.82) is 0 Å². The first-order chi connectivity index (χ1) is 9.91. The molecule has 21 heavy (non-hydrogen) atoms. The largest absolute Gasteiger partial charge is 0.323 e. The van der Waals surface area contributed by atoms with E-state index < -0.39 is 14.9 Å². The van der Waals surface area contributed by atoms with Gasteiger partial charge in [-0.15, -0.1) is 0 Å². The van der Waals surface area contributed by atoms with Crippen LogP contribution in [0, 0.1) is 10.1 Å². The number of nitro groups is 1. The number of benzene rings is 1. The zero-order chi connectivity index (χ0) is 15.6. The third kappa shape index (κ3) is 2.85. The van der Waals surface area contributed by atoms with Crippen LogP contribution in [0.15, 0.2) is 23.1 Å². The van der Waals surface area contributed by atoms with Gasteiger partial charge in [-0.05, 0) is 25.3 Å². The fraction of sp³-hybridized carbons (Fsp3) is 0.500. The maximum absolute atomic E-state index is 12.8. The van der Waals surface area contributed by atoms with Gasteiger partial charge >= 0.3 is 0 Å². The van der Waals surface area contributed by atoms with E-state index in [1.165, 1.54) is 16.4 Å². The number of nitrogens with one attached hydrogen (secondary N) is 1. The molecule has 2 rings (SSSR count). The van der Waals surface area contributed by atoms with Gasteiger partial charge in [-0.1, -0.05) is 6.92 Å². The molecule has 1 atom stereocenters. The van der Waals surface area contributed by atoms with Crippen molar-refractivity contribution in [2.24, 2.45) is 5.84 Å². The number of anilines is 1. The van der Waals surface area contributed by atoms with Crippen molar-refractivity contribution in [3.63, 3.8) is 0 Å². The van der Waals surface area contributed by atoms with E-state index in [1.807, 2.05) is 6.92 Å². The number of nitro benzene ring substituents is 1. The minimum Gasteiger partial charge on any atom is -0.323 e. The molecule has 1 saturated heterocycles. The molecular weight excluding hydrogens is 296 g/mol. The fourth-order valence-electron chi connectivity index (χ4n) is 2.62. The summed E-state index contributed by atoms with van der Waals surface area (Å²) >= 11 is 0. The highest BCUT2D eigenvalue weighted by Gasteiger charge is 2.36. The molecule has 0 spiro atoms. The van der Waals surface area contributed by atoms with Gasteiger partial charge in [-0.3, -0.25) is 16.0 Å². The third-order valence-corrected chi connectivity index (χ3v) is 5.70. The van der Waals surface area contributed by atoms with Crippen LogP contribution in [-0.2, 0) is 10.0 Å². The molecule has 1 aromatic carbocycles. The molecule has 1 fully saturated rings. The Balaban J connectivity index is 2.52. The predicted molar refractivity (Wildman–Crippen MR) is 78.1 cm³/mol. The van der Waals surface area contributed by atoms with Crippen molar-refractivity contribution in [2.75, 3.05) is 12.0 Å². The summed E-state index contributed by atoms with van der Waals surface area (Å²) in [6.45, 7) is 2.35. The van der Waals surface area contributed by atoms with Crippen LogP contribution in [0.5, 0.6) is 0 Å². The van der Waals surface area contributed by atoms with Gasteiger partial charge in [0.25, 0.3) is 5.69 Å². The molecule has 1 aliphatic heterocycles. The van der Waals surface area contributed by atoms with Crippen molar-refractivity contribution in [3.8, 4) is 0 Å². The number of nitrogen functional groups attached to an aromatic ring is 1. The number of rotatable bonds is 5. The van der Waals surface area contributed by atoms with Crippen molar-refractivity contribution in [3.05, 3.63) is 28.3 Å². The van der Waals surface area contributed by atoms with Crippen LogP contribution in [0.4, 0.5) is 11.4 Å². The Bertz CT molecular complexity index is 647. The minimum atomic E-state index is -3.81. The molecule has 0 saturated carbocycles. The van der Waals surface area contributed by atoms with E-state index in [4.69, 9.17) is 5.84 Å². The number of nitrogens with two attached hydrogens (primary N) is 1. The summed E-state index contributed by atoms with van der Waals surface area (Å²) in [7, 11) is -3.81. The monoisotopic (exact) mass is 314 g/mol. The quantitative estimate of drug-likeness (QED) is 0.482. The number of sulfonamides is 1. The molecular formula is C12H18N4O4S. The van der Waals surface area contributed by atoms with Gasteiger partial charge in [0.05, 0.1) is 10.6 Å². The van der Waals surface area contributed by atoms with Crippen molar-refractivity contribution >= 4 is 21.4 Å². The van der Waals surface area contributed by atoms with Crippen LogP contribution in [0.3, 0.4) is 0 Å². The second-order valence-electron chi connectivity index (χ2n) is 4.90. The number of hydrogen-bond acceptors (Lipinski definition) is 6. The molecule has 1 heterocycles. The first-order valence-corrected chi connectivity index (χ1v) is 8.12. The van der Waals surface area contributed by atoms with E-state index in [9.17, 15) is 18.5 Å². The molecule has 1 aromatic rings. The summed E-state index contributed by atoms with van der Waals surface area (Å²) < 4.78 is 26.9.